The van der Waals surface area contributed by atoms with Gasteiger partial charge >= 0.3 is 0 Å². The third-order valence-electron chi connectivity index (χ3n) is 5.87. The van der Waals surface area contributed by atoms with Gasteiger partial charge in [-0.2, -0.15) is 0 Å². The maximum atomic E-state index is 5.48. The number of morpholine rings is 1. The van der Waals surface area contributed by atoms with Gasteiger partial charge in [0.1, 0.15) is 25.1 Å². The topological polar surface area (TPSA) is 61.7 Å². The van der Waals surface area contributed by atoms with Crippen LogP contribution in [0.4, 0.5) is 0 Å². The van der Waals surface area contributed by atoms with Crippen molar-refractivity contribution in [1.82, 2.24) is 24.1 Å². The second-order valence-electron chi connectivity index (χ2n) is 7.49. The fourth-order valence-electron chi connectivity index (χ4n) is 4.09. The number of quaternary nitrogens is 1. The first-order valence-corrected chi connectivity index (χ1v) is 9.90. The van der Waals surface area contributed by atoms with Gasteiger partial charge in [0.15, 0.2) is 11.5 Å². The summed E-state index contributed by atoms with van der Waals surface area (Å²) in [6.07, 6.45) is 1.79. The van der Waals surface area contributed by atoms with Crippen molar-refractivity contribution < 1.29 is 9.64 Å². The molecule has 0 aliphatic carbocycles. The summed E-state index contributed by atoms with van der Waals surface area (Å²) in [7, 11) is 0. The second kappa shape index (κ2) is 7.00. The maximum Gasteiger partial charge on any atom is 0.182 e. The minimum absolute atomic E-state index is 0.734. The summed E-state index contributed by atoms with van der Waals surface area (Å²) in [5.41, 5.74) is 5.39. The Balaban J connectivity index is 1.56. The Hall–Kier alpha value is -2.77. The zero-order valence-electron chi connectivity index (χ0n) is 16.4. The van der Waals surface area contributed by atoms with Crippen LogP contribution in [0.15, 0.2) is 36.7 Å². The van der Waals surface area contributed by atoms with Gasteiger partial charge in [-0.05, 0) is 19.4 Å². The molecule has 1 fully saturated rings. The van der Waals surface area contributed by atoms with Crippen LogP contribution in [-0.2, 0) is 11.3 Å². The van der Waals surface area contributed by atoms with Crippen LogP contribution < -0.4 is 4.90 Å². The number of nitrogens with zero attached hydrogens (tertiary/aromatic N) is 5. The molecule has 0 atom stereocenters. The van der Waals surface area contributed by atoms with E-state index >= 15 is 0 Å². The smallest absolute Gasteiger partial charge is 0.182 e. The lowest BCUT2D eigenvalue weighted by Crippen LogP contribution is -3.14. The quantitative estimate of drug-likeness (QED) is 0.582. The number of nitrogens with one attached hydrogen (secondary N) is 1. The highest BCUT2D eigenvalue weighted by Crippen LogP contribution is 2.27. The van der Waals surface area contributed by atoms with E-state index < -0.39 is 0 Å². The van der Waals surface area contributed by atoms with Crippen LogP contribution >= 0.6 is 0 Å². The van der Waals surface area contributed by atoms with E-state index in [2.05, 4.69) is 23.5 Å². The predicted octanol–water partition coefficient (Wildman–Crippen LogP) is 1.28. The molecule has 1 aliphatic heterocycles. The van der Waals surface area contributed by atoms with Crippen LogP contribution in [0, 0.1) is 13.8 Å². The molecular weight excluding hydrogens is 352 g/mol. The lowest BCUT2D eigenvalue weighted by atomic mass is 10.2. The van der Waals surface area contributed by atoms with Gasteiger partial charge < -0.3 is 14.2 Å². The Morgan fingerprint density at radius 3 is 2.64 bits per heavy atom. The van der Waals surface area contributed by atoms with Gasteiger partial charge in [0.05, 0.1) is 31.7 Å². The lowest BCUT2D eigenvalue weighted by molar-refractivity contribution is -0.908. The molecule has 7 nitrogen and oxygen atoms in total. The summed E-state index contributed by atoms with van der Waals surface area (Å²) < 4.78 is 9.62. The maximum absolute atomic E-state index is 5.48. The van der Waals surface area contributed by atoms with E-state index in [1.807, 2.05) is 30.3 Å². The molecule has 1 N–H and O–H groups in total. The van der Waals surface area contributed by atoms with E-state index in [-0.39, 0.29) is 0 Å². The van der Waals surface area contributed by atoms with Gasteiger partial charge in [0, 0.05) is 11.3 Å². The number of hydrogen-bond acceptors (Lipinski definition) is 4. The van der Waals surface area contributed by atoms with Crippen molar-refractivity contribution in [2.75, 3.05) is 32.8 Å². The Morgan fingerprint density at radius 2 is 1.86 bits per heavy atom. The summed E-state index contributed by atoms with van der Waals surface area (Å²) in [6.45, 7) is 10.3. The van der Waals surface area contributed by atoms with Crippen molar-refractivity contribution in [1.29, 1.82) is 0 Å². The highest BCUT2D eigenvalue weighted by atomic mass is 16.5. The number of aryl methyl sites for hydroxylation is 1. The second-order valence-corrected chi connectivity index (χ2v) is 7.49. The Bertz CT molecular complexity index is 1120. The van der Waals surface area contributed by atoms with Crippen molar-refractivity contribution in [3.63, 3.8) is 0 Å². The van der Waals surface area contributed by atoms with Gasteiger partial charge in [-0.3, -0.25) is 0 Å². The molecule has 7 heteroatoms. The SMILES string of the molecule is Cc1c(C)n(CC[NH+]2CCOCC2)c2ncn3nc(-c4ccccc4)nc3c12. The predicted molar refractivity (Wildman–Crippen MR) is 108 cm³/mol. The third kappa shape index (κ3) is 2.87. The monoisotopic (exact) mass is 377 g/mol. The largest absolute Gasteiger partial charge is 0.370 e. The highest BCUT2D eigenvalue weighted by Gasteiger charge is 2.20. The van der Waals surface area contributed by atoms with Crippen LogP contribution in [0.5, 0.6) is 0 Å². The van der Waals surface area contributed by atoms with Crippen LogP contribution in [0.25, 0.3) is 28.1 Å². The number of aromatic nitrogens is 5. The summed E-state index contributed by atoms with van der Waals surface area (Å²) in [5.74, 6) is 0.734. The zero-order valence-corrected chi connectivity index (χ0v) is 16.4. The molecule has 1 saturated heterocycles. The van der Waals surface area contributed by atoms with Gasteiger partial charge in [0.2, 0.25) is 0 Å². The van der Waals surface area contributed by atoms with E-state index in [9.17, 15) is 0 Å². The molecule has 5 rings (SSSR count). The summed E-state index contributed by atoms with van der Waals surface area (Å²) in [4.78, 5) is 11.2. The van der Waals surface area contributed by atoms with E-state index in [4.69, 9.17) is 14.7 Å². The molecule has 1 aromatic carbocycles. The van der Waals surface area contributed by atoms with Crippen molar-refractivity contribution in [2.45, 2.75) is 20.4 Å². The minimum Gasteiger partial charge on any atom is -0.370 e. The number of hydrogen-bond donors (Lipinski definition) is 1. The standard InChI is InChI=1S/C21H24N6O/c1-15-16(2)26(9-8-25-10-12-28-13-11-25)20-18(15)21-23-19(24-27(21)14-22-20)17-6-4-3-5-7-17/h3-7,14H,8-13H2,1-2H3/p+1. The molecule has 1 aliphatic rings. The van der Waals surface area contributed by atoms with Crippen molar-refractivity contribution in [2.24, 2.45) is 0 Å². The number of ether oxygens (including phenoxy) is 1. The third-order valence-corrected chi connectivity index (χ3v) is 5.87. The van der Waals surface area contributed by atoms with E-state index in [1.54, 1.807) is 15.7 Å². The van der Waals surface area contributed by atoms with Gasteiger partial charge in [0.25, 0.3) is 0 Å². The van der Waals surface area contributed by atoms with Gasteiger partial charge in [-0.1, -0.05) is 30.3 Å². The van der Waals surface area contributed by atoms with E-state index in [1.165, 1.54) is 11.3 Å². The highest BCUT2D eigenvalue weighted by molar-refractivity contribution is 5.94. The van der Waals surface area contributed by atoms with E-state index in [0.717, 1.165) is 67.5 Å². The fraction of sp³-hybridized carbons (Fsp3) is 0.381. The summed E-state index contributed by atoms with van der Waals surface area (Å²) in [5, 5.41) is 5.75. The van der Waals surface area contributed by atoms with Crippen molar-refractivity contribution >= 4 is 16.7 Å². The molecule has 0 spiro atoms. The molecule has 28 heavy (non-hydrogen) atoms. The molecule has 3 aromatic heterocycles. The molecule has 0 bridgehead atoms. The average molecular weight is 377 g/mol. The van der Waals surface area contributed by atoms with Crippen LogP contribution in [0.1, 0.15) is 11.3 Å². The molecule has 4 aromatic rings. The summed E-state index contributed by atoms with van der Waals surface area (Å²) >= 11 is 0. The summed E-state index contributed by atoms with van der Waals surface area (Å²) in [6, 6.07) is 10.1. The van der Waals surface area contributed by atoms with Crippen molar-refractivity contribution in [3.8, 4) is 11.4 Å². The normalized spacial score (nSPS) is 15.6. The fourth-order valence-corrected chi connectivity index (χ4v) is 4.09. The van der Waals surface area contributed by atoms with E-state index in [0.29, 0.717) is 0 Å². The number of benzene rings is 1. The first-order chi connectivity index (χ1) is 13.7. The first kappa shape index (κ1) is 17.3. The Morgan fingerprint density at radius 1 is 1.07 bits per heavy atom. The van der Waals surface area contributed by atoms with Gasteiger partial charge in [-0.25, -0.2) is 14.5 Å². The number of fused-ring (bicyclic) bond motifs is 3. The zero-order chi connectivity index (χ0) is 19.1. The molecule has 0 unspecified atom stereocenters. The lowest BCUT2D eigenvalue weighted by Gasteiger charge is -2.24. The van der Waals surface area contributed by atoms with Crippen LogP contribution in [-0.4, -0.2) is 57.0 Å². The molecule has 0 amide bonds. The van der Waals surface area contributed by atoms with Crippen molar-refractivity contribution in [3.05, 3.63) is 47.9 Å². The molecular formula is C21H25N6O+. The molecule has 144 valence electrons. The van der Waals surface area contributed by atoms with Gasteiger partial charge in [-0.15, -0.1) is 5.10 Å². The first-order valence-electron chi connectivity index (χ1n) is 9.90. The Labute approximate surface area is 163 Å². The number of rotatable bonds is 4. The Kier molecular flexibility index (Phi) is 4.33. The molecule has 4 heterocycles. The molecule has 0 saturated carbocycles. The minimum atomic E-state index is 0.734. The molecule has 0 radical (unpaired) electrons. The van der Waals surface area contributed by atoms with Crippen LogP contribution in [0.3, 0.4) is 0 Å². The van der Waals surface area contributed by atoms with Crippen LogP contribution in [0.2, 0.25) is 0 Å². The average Bonchev–Trinajstić information content (AvgIpc) is 3.28.